The van der Waals surface area contributed by atoms with E-state index in [-0.39, 0.29) is 28.7 Å². The van der Waals surface area contributed by atoms with E-state index in [2.05, 4.69) is 21.2 Å². The highest BCUT2D eigenvalue weighted by Crippen LogP contribution is 2.35. The van der Waals surface area contributed by atoms with Crippen LogP contribution >= 0.6 is 15.9 Å². The van der Waals surface area contributed by atoms with Crippen LogP contribution in [0.25, 0.3) is 0 Å². The number of carbonyl (C=O) groups excluding carboxylic acids is 2. The van der Waals surface area contributed by atoms with E-state index in [1.807, 2.05) is 32.0 Å². The van der Waals surface area contributed by atoms with Crippen LogP contribution in [0.4, 0.5) is 11.4 Å². The number of amides is 2. The van der Waals surface area contributed by atoms with Gasteiger partial charge in [-0.3, -0.25) is 9.59 Å². The Bertz CT molecular complexity index is 1210. The SMILES string of the molecule is CC(=O)N1c2ccc(S(=O)(=O)N3CCC(C(=O)Nc4ccc(Br)c(C)c4)CC3)cc2C[C@H]1C. The topological polar surface area (TPSA) is 86.8 Å². The molecule has 0 bridgehead atoms. The van der Waals surface area contributed by atoms with Gasteiger partial charge in [0, 0.05) is 47.8 Å². The largest absolute Gasteiger partial charge is 0.326 e. The smallest absolute Gasteiger partial charge is 0.243 e. The number of piperidine rings is 1. The van der Waals surface area contributed by atoms with Crippen molar-refractivity contribution in [2.24, 2.45) is 5.92 Å². The number of halogens is 1. The second kappa shape index (κ2) is 9.19. The lowest BCUT2D eigenvalue weighted by Gasteiger charge is -2.30. The third kappa shape index (κ3) is 4.72. The normalized spacial score (nSPS) is 19.4. The van der Waals surface area contributed by atoms with Crippen molar-refractivity contribution in [1.29, 1.82) is 0 Å². The number of aryl methyl sites for hydroxylation is 1. The van der Waals surface area contributed by atoms with Gasteiger partial charge in [-0.2, -0.15) is 4.31 Å². The summed E-state index contributed by atoms with van der Waals surface area (Å²) in [5, 5.41) is 2.95. The summed E-state index contributed by atoms with van der Waals surface area (Å²) in [4.78, 5) is 26.6. The van der Waals surface area contributed by atoms with Crippen molar-refractivity contribution in [2.45, 2.75) is 51.0 Å². The molecule has 0 aliphatic carbocycles. The Morgan fingerprint density at radius 2 is 1.79 bits per heavy atom. The van der Waals surface area contributed by atoms with E-state index in [0.717, 1.165) is 27.0 Å². The Morgan fingerprint density at radius 1 is 1.09 bits per heavy atom. The zero-order chi connectivity index (χ0) is 23.9. The molecule has 2 amide bonds. The maximum atomic E-state index is 13.3. The fourth-order valence-corrected chi connectivity index (χ4v) is 6.49. The number of hydrogen-bond donors (Lipinski definition) is 1. The zero-order valence-corrected chi connectivity index (χ0v) is 21.4. The lowest BCUT2D eigenvalue weighted by Crippen LogP contribution is -2.41. The van der Waals surface area contributed by atoms with Crippen molar-refractivity contribution in [3.8, 4) is 0 Å². The van der Waals surface area contributed by atoms with Crippen LogP contribution < -0.4 is 10.2 Å². The molecule has 2 aliphatic heterocycles. The lowest BCUT2D eigenvalue weighted by atomic mass is 9.97. The summed E-state index contributed by atoms with van der Waals surface area (Å²) >= 11 is 3.45. The van der Waals surface area contributed by atoms with E-state index in [9.17, 15) is 18.0 Å². The molecule has 0 aromatic heterocycles. The van der Waals surface area contributed by atoms with Crippen LogP contribution in [0.5, 0.6) is 0 Å². The number of benzene rings is 2. The Morgan fingerprint density at radius 3 is 2.42 bits per heavy atom. The second-order valence-electron chi connectivity index (χ2n) is 8.86. The average molecular weight is 534 g/mol. The first kappa shape index (κ1) is 23.9. The van der Waals surface area contributed by atoms with Gasteiger partial charge in [-0.15, -0.1) is 0 Å². The van der Waals surface area contributed by atoms with Gasteiger partial charge < -0.3 is 10.2 Å². The van der Waals surface area contributed by atoms with Crippen LogP contribution in [0.15, 0.2) is 45.8 Å². The van der Waals surface area contributed by atoms with Crippen LogP contribution in [0.2, 0.25) is 0 Å². The number of nitrogens with one attached hydrogen (secondary N) is 1. The summed E-state index contributed by atoms with van der Waals surface area (Å²) in [6.45, 7) is 6.04. The van der Waals surface area contributed by atoms with E-state index in [0.29, 0.717) is 32.4 Å². The fraction of sp³-hybridized carbons (Fsp3) is 0.417. The molecular formula is C24H28BrN3O4S. The first-order chi connectivity index (χ1) is 15.6. The number of fused-ring (bicyclic) bond motifs is 1. The minimum absolute atomic E-state index is 0.0132. The van der Waals surface area contributed by atoms with Crippen molar-refractivity contribution in [3.05, 3.63) is 52.0 Å². The number of hydrogen-bond acceptors (Lipinski definition) is 4. The zero-order valence-electron chi connectivity index (χ0n) is 19.0. The molecule has 1 fully saturated rings. The van der Waals surface area contributed by atoms with Crippen molar-refractivity contribution in [3.63, 3.8) is 0 Å². The van der Waals surface area contributed by atoms with E-state index in [4.69, 9.17) is 0 Å². The molecule has 2 aromatic rings. The summed E-state index contributed by atoms with van der Waals surface area (Å²) in [6, 6.07) is 10.7. The van der Waals surface area contributed by atoms with Crippen LogP contribution in [0.3, 0.4) is 0 Å². The molecule has 4 rings (SSSR count). The molecule has 33 heavy (non-hydrogen) atoms. The van der Waals surface area contributed by atoms with Crippen molar-refractivity contribution in [1.82, 2.24) is 4.31 Å². The molecule has 1 N–H and O–H groups in total. The van der Waals surface area contributed by atoms with E-state index in [1.54, 1.807) is 23.1 Å². The van der Waals surface area contributed by atoms with E-state index < -0.39 is 10.0 Å². The molecule has 2 heterocycles. The van der Waals surface area contributed by atoms with Crippen LogP contribution in [-0.2, 0) is 26.0 Å². The molecule has 176 valence electrons. The maximum absolute atomic E-state index is 13.3. The molecular weight excluding hydrogens is 506 g/mol. The molecule has 0 radical (unpaired) electrons. The molecule has 2 aliphatic rings. The molecule has 7 nitrogen and oxygen atoms in total. The predicted molar refractivity (Wildman–Crippen MR) is 132 cm³/mol. The minimum atomic E-state index is -3.66. The predicted octanol–water partition coefficient (Wildman–Crippen LogP) is 4.09. The van der Waals surface area contributed by atoms with Crippen LogP contribution in [-0.4, -0.2) is 43.7 Å². The van der Waals surface area contributed by atoms with Crippen LogP contribution in [0.1, 0.15) is 37.8 Å². The van der Waals surface area contributed by atoms with Gasteiger partial charge in [0.2, 0.25) is 21.8 Å². The molecule has 0 unspecified atom stereocenters. The standard InChI is InChI=1S/C24H28BrN3O4S/c1-15-12-20(4-6-22(15)25)26-24(30)18-8-10-27(11-9-18)33(31,32)21-5-7-23-19(14-21)13-16(2)28(23)17(3)29/h4-7,12,14,16,18H,8-11,13H2,1-3H3,(H,26,30)/t16-/m1/s1. The number of rotatable bonds is 4. The Kier molecular flexibility index (Phi) is 6.66. The van der Waals surface area contributed by atoms with Gasteiger partial charge in [0.1, 0.15) is 0 Å². The molecule has 2 aromatic carbocycles. The van der Waals surface area contributed by atoms with Gasteiger partial charge in [-0.25, -0.2) is 8.42 Å². The minimum Gasteiger partial charge on any atom is -0.326 e. The summed E-state index contributed by atoms with van der Waals surface area (Å²) in [5.74, 6) is -0.356. The third-order valence-corrected chi connectivity index (χ3v) is 9.28. The molecule has 9 heteroatoms. The van der Waals surface area contributed by atoms with Gasteiger partial charge in [0.25, 0.3) is 0 Å². The van der Waals surface area contributed by atoms with Crippen molar-refractivity contribution < 1.29 is 18.0 Å². The molecule has 0 saturated carbocycles. The molecule has 0 spiro atoms. The molecule has 1 atom stereocenters. The summed E-state index contributed by atoms with van der Waals surface area (Å²) in [7, 11) is -3.66. The van der Waals surface area contributed by atoms with Crippen LogP contribution in [0, 0.1) is 12.8 Å². The van der Waals surface area contributed by atoms with E-state index >= 15 is 0 Å². The van der Waals surface area contributed by atoms with Gasteiger partial charge >= 0.3 is 0 Å². The summed E-state index contributed by atoms with van der Waals surface area (Å²) < 4.78 is 29.0. The first-order valence-electron chi connectivity index (χ1n) is 11.1. The Balaban J connectivity index is 1.42. The maximum Gasteiger partial charge on any atom is 0.243 e. The highest BCUT2D eigenvalue weighted by atomic mass is 79.9. The summed E-state index contributed by atoms with van der Waals surface area (Å²) in [5.41, 5.74) is 3.43. The third-order valence-electron chi connectivity index (χ3n) is 6.49. The Hall–Kier alpha value is -2.23. The quantitative estimate of drug-likeness (QED) is 0.640. The number of anilines is 2. The summed E-state index contributed by atoms with van der Waals surface area (Å²) in [6.07, 6.45) is 1.58. The second-order valence-corrected chi connectivity index (χ2v) is 11.7. The highest BCUT2D eigenvalue weighted by molar-refractivity contribution is 9.10. The van der Waals surface area contributed by atoms with Gasteiger partial charge in [-0.05, 0) is 80.6 Å². The van der Waals surface area contributed by atoms with Crippen molar-refractivity contribution >= 4 is 49.1 Å². The monoisotopic (exact) mass is 533 g/mol. The van der Waals surface area contributed by atoms with Gasteiger partial charge in [-0.1, -0.05) is 15.9 Å². The number of sulfonamides is 1. The van der Waals surface area contributed by atoms with Crippen molar-refractivity contribution in [2.75, 3.05) is 23.3 Å². The number of nitrogens with zero attached hydrogens (tertiary/aromatic N) is 2. The fourth-order valence-electron chi connectivity index (χ4n) is 4.72. The number of carbonyl (C=O) groups is 2. The van der Waals surface area contributed by atoms with Gasteiger partial charge in [0.05, 0.1) is 4.90 Å². The highest BCUT2D eigenvalue weighted by Gasteiger charge is 2.34. The molecule has 1 saturated heterocycles. The Labute approximate surface area is 203 Å². The average Bonchev–Trinajstić information content (AvgIpc) is 3.11. The lowest BCUT2D eigenvalue weighted by molar-refractivity contribution is -0.121. The van der Waals surface area contributed by atoms with E-state index in [1.165, 1.54) is 11.2 Å². The van der Waals surface area contributed by atoms with Gasteiger partial charge in [0.15, 0.2) is 0 Å². The first-order valence-corrected chi connectivity index (χ1v) is 13.3.